The number of ether oxygens (including phenoxy) is 2. The smallest absolute Gasteiger partial charge is 0.280 e. The van der Waals surface area contributed by atoms with E-state index in [0.29, 0.717) is 0 Å². The molecule has 2 rings (SSSR count). The predicted molar refractivity (Wildman–Crippen MR) is 60.3 cm³/mol. The summed E-state index contributed by atoms with van der Waals surface area (Å²) in [5.41, 5.74) is -5.22. The van der Waals surface area contributed by atoms with E-state index in [1.807, 2.05) is 0 Å². The molecule has 0 amide bonds. The highest BCUT2D eigenvalue weighted by Crippen LogP contribution is 2.23. The zero-order valence-corrected chi connectivity index (χ0v) is 9.36. The SMILES string of the molecule is COc1c(Oc2c(C)c(=O)c2=O)c(=O)c(=O)c1=O. The van der Waals surface area contributed by atoms with Crippen LogP contribution in [0.2, 0.25) is 0 Å². The van der Waals surface area contributed by atoms with Gasteiger partial charge in [-0.1, -0.05) is 0 Å². The molecule has 0 fully saturated rings. The maximum absolute atomic E-state index is 11.4. The van der Waals surface area contributed by atoms with Gasteiger partial charge in [-0.15, -0.1) is 0 Å². The molecule has 18 heavy (non-hydrogen) atoms. The summed E-state index contributed by atoms with van der Waals surface area (Å²) in [6.45, 7) is 1.33. The molecule has 7 heteroatoms. The van der Waals surface area contributed by atoms with Crippen molar-refractivity contribution >= 4 is 0 Å². The van der Waals surface area contributed by atoms with E-state index >= 15 is 0 Å². The van der Waals surface area contributed by atoms with Gasteiger partial charge in [0.05, 0.1) is 7.11 Å². The van der Waals surface area contributed by atoms with Crippen LogP contribution < -0.4 is 36.6 Å². The highest BCUT2D eigenvalue weighted by Gasteiger charge is 2.27. The summed E-state index contributed by atoms with van der Waals surface area (Å²) in [4.78, 5) is 55.9. The molecule has 0 aliphatic carbocycles. The van der Waals surface area contributed by atoms with Crippen molar-refractivity contribution in [3.05, 3.63) is 56.7 Å². The van der Waals surface area contributed by atoms with Gasteiger partial charge in [0, 0.05) is 5.56 Å². The molecule has 7 nitrogen and oxygen atoms in total. The minimum atomic E-state index is -1.29. The number of rotatable bonds is 3. The van der Waals surface area contributed by atoms with E-state index in [9.17, 15) is 24.0 Å². The fourth-order valence-corrected chi connectivity index (χ4v) is 1.50. The minimum Gasteiger partial charge on any atom is -0.489 e. The summed E-state index contributed by atoms with van der Waals surface area (Å²) in [7, 11) is 1.08. The first kappa shape index (κ1) is 11.9. The van der Waals surface area contributed by atoms with Gasteiger partial charge in [0.15, 0.2) is 5.75 Å². The van der Waals surface area contributed by atoms with Crippen LogP contribution in [0.3, 0.4) is 0 Å². The minimum absolute atomic E-state index is 0.0301. The van der Waals surface area contributed by atoms with Crippen molar-refractivity contribution in [2.45, 2.75) is 6.92 Å². The van der Waals surface area contributed by atoms with Crippen LogP contribution in [-0.2, 0) is 0 Å². The number of methoxy groups -OCH3 is 1. The van der Waals surface area contributed by atoms with Crippen molar-refractivity contribution in [2.24, 2.45) is 0 Å². The first-order chi connectivity index (χ1) is 8.40. The topological polar surface area (TPSA) is 104 Å². The predicted octanol–water partition coefficient (Wildman–Crippen LogP) is -1.65. The van der Waals surface area contributed by atoms with Crippen molar-refractivity contribution in [3.63, 3.8) is 0 Å². The molecule has 2 aromatic carbocycles. The van der Waals surface area contributed by atoms with Gasteiger partial charge < -0.3 is 9.47 Å². The Bertz CT molecular complexity index is 842. The zero-order valence-electron chi connectivity index (χ0n) is 9.36. The molecule has 0 aromatic heterocycles. The Morgan fingerprint density at radius 3 is 1.67 bits per heavy atom. The van der Waals surface area contributed by atoms with E-state index < -0.39 is 38.6 Å². The summed E-state index contributed by atoms with van der Waals surface area (Å²) in [6, 6.07) is 0. The monoisotopic (exact) mass is 250 g/mol. The lowest BCUT2D eigenvalue weighted by molar-refractivity contribution is 0.374. The molecular weight excluding hydrogens is 244 g/mol. The lowest BCUT2D eigenvalue weighted by Crippen LogP contribution is -2.35. The first-order valence-electron chi connectivity index (χ1n) is 4.79. The quantitative estimate of drug-likeness (QED) is 0.601. The third-order valence-electron chi connectivity index (χ3n) is 2.53. The first-order valence-corrected chi connectivity index (χ1v) is 4.79. The van der Waals surface area contributed by atoms with Gasteiger partial charge in [-0.2, -0.15) is 0 Å². The summed E-state index contributed by atoms with van der Waals surface area (Å²) in [5.74, 6) is -1.56. The Hall–Kier alpha value is -2.57. The molecule has 0 spiro atoms. The summed E-state index contributed by atoms with van der Waals surface area (Å²) in [6.07, 6.45) is 0. The molecule has 0 aliphatic rings. The normalized spacial score (nSPS) is 10.8. The molecule has 0 aliphatic heterocycles. The highest BCUT2D eigenvalue weighted by atomic mass is 16.5. The molecule has 0 saturated heterocycles. The van der Waals surface area contributed by atoms with Crippen LogP contribution in [0.25, 0.3) is 0 Å². The second kappa shape index (κ2) is 3.73. The van der Waals surface area contributed by atoms with Gasteiger partial charge in [-0.3, -0.25) is 24.0 Å². The van der Waals surface area contributed by atoms with Gasteiger partial charge >= 0.3 is 0 Å². The van der Waals surface area contributed by atoms with Crippen LogP contribution in [0.15, 0.2) is 24.0 Å². The Labute approximate surface area is 98.2 Å². The number of hydrogen-bond donors (Lipinski definition) is 0. The second-order valence-corrected chi connectivity index (χ2v) is 3.56. The average Bonchev–Trinajstić information content (AvgIpc) is 2.58. The molecule has 2 aromatic rings. The third-order valence-corrected chi connectivity index (χ3v) is 2.53. The maximum atomic E-state index is 11.4. The van der Waals surface area contributed by atoms with Gasteiger partial charge in [-0.05, 0) is 6.92 Å². The fourth-order valence-electron chi connectivity index (χ4n) is 1.50. The van der Waals surface area contributed by atoms with Gasteiger partial charge in [0.25, 0.3) is 21.7 Å². The molecular formula is C11H6O7. The molecule has 0 bridgehead atoms. The van der Waals surface area contributed by atoms with Crippen molar-refractivity contribution in [1.82, 2.24) is 0 Å². The van der Waals surface area contributed by atoms with Crippen molar-refractivity contribution < 1.29 is 9.47 Å². The number of hydrogen-bond acceptors (Lipinski definition) is 7. The lowest BCUT2D eigenvalue weighted by Gasteiger charge is -2.07. The fraction of sp³-hybridized carbons (Fsp3) is 0.182. The zero-order chi connectivity index (χ0) is 13.6. The van der Waals surface area contributed by atoms with Crippen LogP contribution >= 0.6 is 0 Å². The van der Waals surface area contributed by atoms with Gasteiger partial charge in [0.2, 0.25) is 16.9 Å². The van der Waals surface area contributed by atoms with Crippen LogP contribution in [0.5, 0.6) is 17.2 Å². The van der Waals surface area contributed by atoms with E-state index in [2.05, 4.69) is 4.74 Å². The van der Waals surface area contributed by atoms with E-state index in [4.69, 9.17) is 4.74 Å². The second-order valence-electron chi connectivity index (χ2n) is 3.56. The Morgan fingerprint density at radius 1 is 0.667 bits per heavy atom. The van der Waals surface area contributed by atoms with E-state index in [1.54, 1.807) is 0 Å². The standard InChI is InChI=1S/C11H6O7/c1-3-4(12)6(14)9(3)18-11-8(16)5(13)7(15)10(11)17-2/h1-2H3. The molecule has 0 heterocycles. The highest BCUT2D eigenvalue weighted by molar-refractivity contribution is 5.47. The molecule has 92 valence electrons. The summed E-state index contributed by atoms with van der Waals surface area (Å²) >= 11 is 0. The molecule has 0 saturated carbocycles. The van der Waals surface area contributed by atoms with Crippen LogP contribution in [0.4, 0.5) is 0 Å². The lowest BCUT2D eigenvalue weighted by atomic mass is 10.1. The van der Waals surface area contributed by atoms with Crippen molar-refractivity contribution in [2.75, 3.05) is 7.11 Å². The summed E-state index contributed by atoms with van der Waals surface area (Å²) in [5, 5.41) is 0. The maximum Gasteiger partial charge on any atom is 0.280 e. The Kier molecular flexibility index (Phi) is 2.46. The largest absolute Gasteiger partial charge is 0.489 e. The molecule has 0 atom stereocenters. The van der Waals surface area contributed by atoms with Crippen LogP contribution in [0.1, 0.15) is 5.56 Å². The Balaban J connectivity index is 2.62. The molecule has 0 radical (unpaired) electrons. The van der Waals surface area contributed by atoms with Gasteiger partial charge in [0.1, 0.15) is 0 Å². The summed E-state index contributed by atoms with van der Waals surface area (Å²) < 4.78 is 9.46. The van der Waals surface area contributed by atoms with Crippen molar-refractivity contribution in [1.29, 1.82) is 0 Å². The van der Waals surface area contributed by atoms with E-state index in [0.717, 1.165) is 7.11 Å². The average molecular weight is 250 g/mol. The van der Waals surface area contributed by atoms with E-state index in [1.165, 1.54) is 6.92 Å². The molecule has 0 N–H and O–H groups in total. The van der Waals surface area contributed by atoms with Crippen molar-refractivity contribution in [3.8, 4) is 17.2 Å². The van der Waals surface area contributed by atoms with E-state index in [-0.39, 0.29) is 11.3 Å². The Morgan fingerprint density at radius 2 is 1.17 bits per heavy atom. The van der Waals surface area contributed by atoms with Crippen LogP contribution in [-0.4, -0.2) is 7.11 Å². The third kappa shape index (κ3) is 1.33. The van der Waals surface area contributed by atoms with Gasteiger partial charge in [-0.25, -0.2) is 0 Å². The molecule has 0 unspecified atom stereocenters. The van der Waals surface area contributed by atoms with Crippen LogP contribution in [0, 0.1) is 6.92 Å².